The Hall–Kier alpha value is -1.89. The molecule has 6 heteroatoms. The zero-order valence-electron chi connectivity index (χ0n) is 19.1. The molecule has 0 amide bonds. The molecule has 32 heavy (non-hydrogen) atoms. The molecule has 2 aliphatic rings. The fourth-order valence-corrected chi connectivity index (χ4v) is 7.55. The highest BCUT2D eigenvalue weighted by Crippen LogP contribution is 2.53. The molecule has 1 aliphatic heterocycles. The van der Waals surface area contributed by atoms with E-state index in [4.69, 9.17) is 4.74 Å². The molecule has 1 aliphatic carbocycles. The van der Waals surface area contributed by atoms with Crippen LogP contribution >= 0.6 is 0 Å². The Balaban J connectivity index is 1.55. The number of nitrogens with zero attached hydrogens (tertiary/aromatic N) is 1. The summed E-state index contributed by atoms with van der Waals surface area (Å²) in [5, 5.41) is 11.2. The number of hydrogen-bond acceptors (Lipinski definition) is 4. The molecule has 1 saturated carbocycles. The molecular formula is C26H35NO4S. The minimum atomic E-state index is -3.44. The van der Waals surface area contributed by atoms with E-state index in [1.807, 2.05) is 61.5 Å². The minimum Gasteiger partial charge on any atom is -0.388 e. The molecule has 1 N–H and O–H groups in total. The van der Waals surface area contributed by atoms with E-state index in [9.17, 15) is 13.5 Å². The van der Waals surface area contributed by atoms with Gasteiger partial charge in [0.1, 0.15) is 0 Å². The van der Waals surface area contributed by atoms with Gasteiger partial charge in [0.05, 0.1) is 36.8 Å². The Labute approximate surface area is 192 Å². The summed E-state index contributed by atoms with van der Waals surface area (Å²) in [6.45, 7) is 4.91. The lowest BCUT2D eigenvalue weighted by Crippen LogP contribution is -2.39. The van der Waals surface area contributed by atoms with E-state index >= 15 is 0 Å². The normalized spacial score (nSPS) is 24.8. The van der Waals surface area contributed by atoms with E-state index in [1.165, 1.54) is 4.31 Å². The van der Waals surface area contributed by atoms with Crippen molar-refractivity contribution in [2.24, 2.45) is 11.3 Å². The number of anilines is 1. The van der Waals surface area contributed by atoms with Gasteiger partial charge in [0, 0.05) is 5.41 Å². The first-order valence-corrected chi connectivity index (χ1v) is 13.4. The second kappa shape index (κ2) is 9.54. The van der Waals surface area contributed by atoms with E-state index in [0.29, 0.717) is 18.9 Å². The molecule has 0 radical (unpaired) electrons. The maximum Gasteiger partial charge on any atom is 0.235 e. The Morgan fingerprint density at radius 3 is 2.56 bits per heavy atom. The first kappa shape index (κ1) is 23.3. The fraction of sp³-hybridized carbons (Fsp3) is 0.538. The zero-order chi connectivity index (χ0) is 22.8. The van der Waals surface area contributed by atoms with E-state index in [-0.39, 0.29) is 23.1 Å². The topological polar surface area (TPSA) is 66.8 Å². The largest absolute Gasteiger partial charge is 0.388 e. The summed E-state index contributed by atoms with van der Waals surface area (Å²) < 4.78 is 33.6. The molecule has 1 saturated heterocycles. The van der Waals surface area contributed by atoms with Gasteiger partial charge in [-0.05, 0) is 48.4 Å². The molecule has 0 aromatic heterocycles. The number of aliphatic hydroxyl groups excluding tert-OH is 1. The van der Waals surface area contributed by atoms with Crippen LogP contribution in [0, 0.1) is 11.3 Å². The minimum absolute atomic E-state index is 0.0394. The third-order valence-electron chi connectivity index (χ3n) is 7.25. The van der Waals surface area contributed by atoms with Crippen LogP contribution in [0.4, 0.5) is 5.69 Å². The highest BCUT2D eigenvalue weighted by Gasteiger charge is 2.45. The van der Waals surface area contributed by atoms with Crippen molar-refractivity contribution in [3.63, 3.8) is 0 Å². The number of hydrogen-bond donors (Lipinski definition) is 1. The number of rotatable bonds is 9. The van der Waals surface area contributed by atoms with Crippen LogP contribution in [-0.2, 0) is 21.4 Å². The number of benzene rings is 2. The van der Waals surface area contributed by atoms with Crippen LogP contribution in [0.5, 0.6) is 0 Å². The van der Waals surface area contributed by atoms with Gasteiger partial charge in [-0.25, -0.2) is 8.42 Å². The quantitative estimate of drug-likeness (QED) is 0.571. The SMILES string of the molecule is CCCC1(C(O)c2cccc(N3C(COCc4ccccc4)C(C)CS3(=O)=O)c2)CCC1. The molecule has 174 valence electrons. The molecule has 0 spiro atoms. The molecular weight excluding hydrogens is 422 g/mol. The molecule has 4 rings (SSSR count). The van der Waals surface area contributed by atoms with Crippen molar-refractivity contribution in [3.05, 3.63) is 65.7 Å². The summed E-state index contributed by atoms with van der Waals surface area (Å²) in [5.41, 5.74) is 2.45. The van der Waals surface area contributed by atoms with E-state index < -0.39 is 16.1 Å². The Bertz CT molecular complexity index is 1000. The summed E-state index contributed by atoms with van der Waals surface area (Å²) in [6, 6.07) is 17.2. The molecule has 2 aromatic carbocycles. The van der Waals surface area contributed by atoms with Gasteiger partial charge in [-0.3, -0.25) is 4.31 Å². The highest BCUT2D eigenvalue weighted by atomic mass is 32.2. The van der Waals surface area contributed by atoms with Crippen molar-refractivity contribution in [2.75, 3.05) is 16.7 Å². The molecule has 2 aromatic rings. The van der Waals surface area contributed by atoms with Crippen LogP contribution < -0.4 is 4.31 Å². The van der Waals surface area contributed by atoms with Crippen molar-refractivity contribution in [1.82, 2.24) is 0 Å². The van der Waals surface area contributed by atoms with Crippen molar-refractivity contribution in [3.8, 4) is 0 Å². The molecule has 1 heterocycles. The predicted octanol–water partition coefficient (Wildman–Crippen LogP) is 5.06. The zero-order valence-corrected chi connectivity index (χ0v) is 19.9. The molecule has 0 bridgehead atoms. The van der Waals surface area contributed by atoms with Crippen molar-refractivity contribution in [1.29, 1.82) is 0 Å². The van der Waals surface area contributed by atoms with E-state index in [2.05, 4.69) is 6.92 Å². The van der Waals surface area contributed by atoms with Crippen molar-refractivity contribution < 1.29 is 18.3 Å². The van der Waals surface area contributed by atoms with Gasteiger partial charge in [-0.1, -0.05) is 69.2 Å². The van der Waals surface area contributed by atoms with Gasteiger partial charge < -0.3 is 9.84 Å². The van der Waals surface area contributed by atoms with Crippen LogP contribution in [0.3, 0.4) is 0 Å². The Morgan fingerprint density at radius 1 is 1.16 bits per heavy atom. The predicted molar refractivity (Wildman–Crippen MR) is 128 cm³/mol. The smallest absolute Gasteiger partial charge is 0.235 e. The van der Waals surface area contributed by atoms with Gasteiger partial charge in [0.2, 0.25) is 10.0 Å². The molecule has 2 fully saturated rings. The lowest BCUT2D eigenvalue weighted by Gasteiger charge is -2.46. The second-order valence-electron chi connectivity index (χ2n) is 9.58. The summed E-state index contributed by atoms with van der Waals surface area (Å²) in [7, 11) is -3.44. The summed E-state index contributed by atoms with van der Waals surface area (Å²) in [5.74, 6) is 0.0706. The summed E-state index contributed by atoms with van der Waals surface area (Å²) in [6.07, 6.45) is 4.67. The van der Waals surface area contributed by atoms with Crippen molar-refractivity contribution in [2.45, 2.75) is 64.7 Å². The lowest BCUT2D eigenvalue weighted by molar-refractivity contribution is -0.0440. The highest BCUT2D eigenvalue weighted by molar-refractivity contribution is 7.93. The maximum atomic E-state index is 13.1. The Morgan fingerprint density at radius 2 is 1.91 bits per heavy atom. The molecule has 3 atom stereocenters. The lowest BCUT2D eigenvalue weighted by atomic mass is 9.61. The first-order valence-electron chi connectivity index (χ1n) is 11.8. The number of sulfonamides is 1. The summed E-state index contributed by atoms with van der Waals surface area (Å²) >= 11 is 0. The van der Waals surface area contributed by atoms with Gasteiger partial charge >= 0.3 is 0 Å². The van der Waals surface area contributed by atoms with Gasteiger partial charge in [-0.2, -0.15) is 0 Å². The van der Waals surface area contributed by atoms with E-state index in [0.717, 1.165) is 43.2 Å². The summed E-state index contributed by atoms with van der Waals surface area (Å²) in [4.78, 5) is 0. The average molecular weight is 458 g/mol. The Kier molecular flexibility index (Phi) is 6.94. The van der Waals surface area contributed by atoms with Crippen LogP contribution in [0.2, 0.25) is 0 Å². The van der Waals surface area contributed by atoms with Crippen LogP contribution in [0.25, 0.3) is 0 Å². The van der Waals surface area contributed by atoms with Crippen LogP contribution in [0.15, 0.2) is 54.6 Å². The third-order valence-corrected chi connectivity index (χ3v) is 9.28. The first-order chi connectivity index (χ1) is 15.4. The average Bonchev–Trinajstić information content (AvgIpc) is 2.98. The van der Waals surface area contributed by atoms with Gasteiger partial charge in [-0.15, -0.1) is 0 Å². The third kappa shape index (κ3) is 4.59. The number of ether oxygens (including phenoxy) is 1. The monoisotopic (exact) mass is 457 g/mol. The fourth-order valence-electron chi connectivity index (χ4n) is 5.39. The maximum absolute atomic E-state index is 13.1. The standard InChI is InChI=1S/C26H35NO4S/c1-3-13-26(14-8-15-26)25(28)22-11-7-12-23(16-22)27-24(20(2)19-32(27,29)30)18-31-17-21-9-5-4-6-10-21/h4-7,9-12,16,20,24-25,28H,3,8,13-15,17-19H2,1-2H3. The van der Waals surface area contributed by atoms with Crippen molar-refractivity contribution >= 4 is 15.7 Å². The van der Waals surface area contributed by atoms with Crippen LogP contribution in [0.1, 0.15) is 63.2 Å². The molecule has 5 nitrogen and oxygen atoms in total. The van der Waals surface area contributed by atoms with Gasteiger partial charge in [0.15, 0.2) is 0 Å². The molecule has 3 unspecified atom stereocenters. The number of aliphatic hydroxyl groups is 1. The van der Waals surface area contributed by atoms with E-state index in [1.54, 1.807) is 0 Å². The van der Waals surface area contributed by atoms with Gasteiger partial charge in [0.25, 0.3) is 0 Å². The van der Waals surface area contributed by atoms with Crippen LogP contribution in [-0.4, -0.2) is 31.9 Å². The second-order valence-corrected chi connectivity index (χ2v) is 11.5.